The molecule has 0 fully saturated rings. The van der Waals surface area contributed by atoms with Crippen molar-refractivity contribution in [3.8, 4) is 6.07 Å². The molecule has 0 atom stereocenters. The van der Waals surface area contributed by atoms with Gasteiger partial charge in [0.15, 0.2) is 0 Å². The highest BCUT2D eigenvalue weighted by molar-refractivity contribution is 9.10. The number of halogens is 3. The molecule has 1 aromatic carbocycles. The number of benzene rings is 1. The second-order valence-electron chi connectivity index (χ2n) is 2.27. The molecule has 0 spiro atoms. The van der Waals surface area contributed by atoms with Gasteiger partial charge in [0.2, 0.25) is 0 Å². The van der Waals surface area contributed by atoms with Gasteiger partial charge in [-0.05, 0) is 13.0 Å². The van der Waals surface area contributed by atoms with Crippen LogP contribution in [0.25, 0.3) is 0 Å². The van der Waals surface area contributed by atoms with Gasteiger partial charge >= 0.3 is 0 Å². The van der Waals surface area contributed by atoms with Crippen LogP contribution in [0, 0.1) is 29.9 Å². The Labute approximate surface area is 76.8 Å². The van der Waals surface area contributed by atoms with E-state index in [0.29, 0.717) is 4.47 Å². The van der Waals surface area contributed by atoms with Crippen molar-refractivity contribution in [2.24, 2.45) is 0 Å². The topological polar surface area (TPSA) is 23.8 Å². The molecule has 0 aliphatic carbocycles. The summed E-state index contributed by atoms with van der Waals surface area (Å²) < 4.78 is 26.2. The summed E-state index contributed by atoms with van der Waals surface area (Å²) in [4.78, 5) is 0. The Hall–Kier alpha value is -0.950. The molecule has 0 aliphatic heterocycles. The molecule has 0 saturated carbocycles. The lowest BCUT2D eigenvalue weighted by atomic mass is 10.1. The van der Waals surface area contributed by atoms with Crippen LogP contribution >= 0.6 is 15.9 Å². The first kappa shape index (κ1) is 9.14. The fourth-order valence-corrected chi connectivity index (χ4v) is 1.17. The maximum absolute atomic E-state index is 13.0. The van der Waals surface area contributed by atoms with Crippen LogP contribution in [0.3, 0.4) is 0 Å². The smallest absolute Gasteiger partial charge is 0.147 e. The molecule has 0 saturated heterocycles. The molecule has 0 heterocycles. The molecule has 1 rings (SSSR count). The summed E-state index contributed by atoms with van der Waals surface area (Å²) in [6, 6.07) is 2.54. The first-order valence-electron chi connectivity index (χ1n) is 3.12. The van der Waals surface area contributed by atoms with E-state index in [1.165, 1.54) is 13.0 Å². The number of hydrogen-bond acceptors (Lipinski definition) is 1. The predicted molar refractivity (Wildman–Crippen MR) is 43.5 cm³/mol. The second kappa shape index (κ2) is 3.20. The molecule has 1 nitrogen and oxygen atoms in total. The summed E-state index contributed by atoms with van der Waals surface area (Å²) in [5.74, 6) is -1.64. The highest BCUT2D eigenvalue weighted by Gasteiger charge is 2.13. The molecule has 0 bridgehead atoms. The lowest BCUT2D eigenvalue weighted by Crippen LogP contribution is -1.94. The van der Waals surface area contributed by atoms with E-state index in [4.69, 9.17) is 5.26 Å². The fourth-order valence-electron chi connectivity index (χ4n) is 0.791. The summed E-state index contributed by atoms with van der Waals surface area (Å²) in [7, 11) is 0. The predicted octanol–water partition coefficient (Wildman–Crippen LogP) is 2.91. The third-order valence-electron chi connectivity index (χ3n) is 1.51. The van der Waals surface area contributed by atoms with Crippen molar-refractivity contribution in [2.45, 2.75) is 6.92 Å². The molecule has 12 heavy (non-hydrogen) atoms. The Morgan fingerprint density at radius 1 is 1.50 bits per heavy atom. The number of rotatable bonds is 0. The Balaban J connectivity index is 3.54. The van der Waals surface area contributed by atoms with E-state index in [9.17, 15) is 8.78 Å². The zero-order chi connectivity index (χ0) is 9.30. The maximum Gasteiger partial charge on any atom is 0.147 e. The molecule has 0 amide bonds. The first-order chi connectivity index (χ1) is 5.57. The molecule has 4 heteroatoms. The minimum atomic E-state index is -0.840. The SMILES string of the molecule is Cc1c(Br)cc(F)c(C#N)c1F. The molecule has 0 aromatic heterocycles. The minimum Gasteiger partial charge on any atom is -0.205 e. The van der Waals surface area contributed by atoms with Crippen LogP contribution in [0.1, 0.15) is 11.1 Å². The van der Waals surface area contributed by atoms with Crippen molar-refractivity contribution in [2.75, 3.05) is 0 Å². The van der Waals surface area contributed by atoms with Crippen LogP contribution < -0.4 is 0 Å². The number of nitrogens with zero attached hydrogens (tertiary/aromatic N) is 1. The Kier molecular flexibility index (Phi) is 2.43. The Bertz CT molecular complexity index is 368. The van der Waals surface area contributed by atoms with Crippen LogP contribution in [0.2, 0.25) is 0 Å². The van der Waals surface area contributed by atoms with Gasteiger partial charge in [0, 0.05) is 10.0 Å². The van der Waals surface area contributed by atoms with Gasteiger partial charge in [-0.15, -0.1) is 0 Å². The van der Waals surface area contributed by atoms with Crippen LogP contribution in [0.15, 0.2) is 10.5 Å². The van der Waals surface area contributed by atoms with E-state index in [0.717, 1.165) is 6.07 Å². The van der Waals surface area contributed by atoms with Crippen molar-refractivity contribution in [3.63, 3.8) is 0 Å². The molecule has 0 unspecified atom stereocenters. The van der Waals surface area contributed by atoms with E-state index < -0.39 is 17.2 Å². The van der Waals surface area contributed by atoms with Crippen LogP contribution in [-0.4, -0.2) is 0 Å². The van der Waals surface area contributed by atoms with Crippen LogP contribution in [-0.2, 0) is 0 Å². The largest absolute Gasteiger partial charge is 0.205 e. The van der Waals surface area contributed by atoms with E-state index in [1.54, 1.807) is 0 Å². The average molecular weight is 232 g/mol. The average Bonchev–Trinajstić information content (AvgIpc) is 2.01. The molecule has 0 radical (unpaired) electrons. The summed E-state index contributed by atoms with van der Waals surface area (Å²) in [6.07, 6.45) is 0. The second-order valence-corrected chi connectivity index (χ2v) is 3.12. The van der Waals surface area contributed by atoms with Gasteiger partial charge in [-0.3, -0.25) is 0 Å². The van der Waals surface area contributed by atoms with E-state index in [2.05, 4.69) is 15.9 Å². The molecule has 1 aromatic rings. The van der Waals surface area contributed by atoms with Crippen LogP contribution in [0.4, 0.5) is 8.78 Å². The first-order valence-corrected chi connectivity index (χ1v) is 3.91. The maximum atomic E-state index is 13.0. The number of hydrogen-bond donors (Lipinski definition) is 0. The van der Waals surface area contributed by atoms with Gasteiger partial charge in [-0.1, -0.05) is 15.9 Å². The normalized spacial score (nSPS) is 9.58. The van der Waals surface area contributed by atoms with Gasteiger partial charge in [0.05, 0.1) is 0 Å². The zero-order valence-electron chi connectivity index (χ0n) is 6.16. The van der Waals surface area contributed by atoms with Gasteiger partial charge in [0.1, 0.15) is 23.3 Å². The minimum absolute atomic E-state index is 0.243. The Morgan fingerprint density at radius 3 is 2.58 bits per heavy atom. The summed E-state index contributed by atoms with van der Waals surface area (Å²) in [5, 5.41) is 8.37. The zero-order valence-corrected chi connectivity index (χ0v) is 7.74. The van der Waals surface area contributed by atoms with Crippen molar-refractivity contribution in [3.05, 3.63) is 33.3 Å². The third-order valence-corrected chi connectivity index (χ3v) is 2.33. The fraction of sp³-hybridized carbons (Fsp3) is 0.125. The van der Waals surface area contributed by atoms with Crippen molar-refractivity contribution < 1.29 is 8.78 Å². The van der Waals surface area contributed by atoms with Gasteiger partial charge in [-0.25, -0.2) is 8.78 Å². The van der Waals surface area contributed by atoms with Gasteiger partial charge in [0.25, 0.3) is 0 Å². The highest BCUT2D eigenvalue weighted by Crippen LogP contribution is 2.23. The molecule has 0 aliphatic rings. The van der Waals surface area contributed by atoms with Crippen molar-refractivity contribution in [1.82, 2.24) is 0 Å². The van der Waals surface area contributed by atoms with E-state index in [1.807, 2.05) is 0 Å². The lowest BCUT2D eigenvalue weighted by molar-refractivity contribution is 0.569. The van der Waals surface area contributed by atoms with Crippen LogP contribution in [0.5, 0.6) is 0 Å². The quantitative estimate of drug-likeness (QED) is 0.674. The molecular weight excluding hydrogens is 228 g/mol. The number of nitriles is 1. The monoisotopic (exact) mass is 231 g/mol. The lowest BCUT2D eigenvalue weighted by Gasteiger charge is -2.01. The van der Waals surface area contributed by atoms with Crippen molar-refractivity contribution in [1.29, 1.82) is 5.26 Å². The van der Waals surface area contributed by atoms with Gasteiger partial charge < -0.3 is 0 Å². The third kappa shape index (κ3) is 1.32. The molecule has 62 valence electrons. The van der Waals surface area contributed by atoms with Crippen molar-refractivity contribution >= 4 is 15.9 Å². The summed E-state index contributed by atoms with van der Waals surface area (Å²) in [6.45, 7) is 1.47. The van der Waals surface area contributed by atoms with E-state index in [-0.39, 0.29) is 5.56 Å². The Morgan fingerprint density at radius 2 is 2.08 bits per heavy atom. The molecule has 0 N–H and O–H groups in total. The van der Waals surface area contributed by atoms with E-state index >= 15 is 0 Å². The van der Waals surface area contributed by atoms with Gasteiger partial charge in [-0.2, -0.15) is 5.26 Å². The standard InChI is InChI=1S/C8H4BrF2N/c1-4-6(9)2-7(10)5(3-12)8(4)11/h2H,1H3. The molecular formula is C8H4BrF2N. The summed E-state index contributed by atoms with van der Waals surface area (Å²) >= 11 is 2.97. The highest BCUT2D eigenvalue weighted by atomic mass is 79.9. The summed E-state index contributed by atoms with van der Waals surface area (Å²) in [5.41, 5.74) is -0.288.